The zero-order valence-electron chi connectivity index (χ0n) is 29.1. The number of hydrogen-bond donors (Lipinski definition) is 2. The summed E-state index contributed by atoms with van der Waals surface area (Å²) in [6, 6.07) is 20.3. The maximum absolute atomic E-state index is 10.5. The minimum absolute atomic E-state index is 0.0183. The molecule has 2 N–H and O–H groups in total. The second-order valence-electron chi connectivity index (χ2n) is 17.2. The number of hydrogen-bond acceptors (Lipinski definition) is 4. The topological polar surface area (TPSA) is 46.9 Å². The van der Waals surface area contributed by atoms with Gasteiger partial charge in [0.2, 0.25) is 0 Å². The molecule has 2 aromatic rings. The molecule has 2 aromatic carbocycles. The lowest BCUT2D eigenvalue weighted by Crippen LogP contribution is -2.69. The van der Waals surface area contributed by atoms with E-state index in [1.165, 1.54) is 33.6 Å². The van der Waals surface area contributed by atoms with Crippen LogP contribution in [0.4, 0.5) is 11.4 Å². The van der Waals surface area contributed by atoms with Gasteiger partial charge < -0.3 is 29.0 Å². The van der Waals surface area contributed by atoms with Gasteiger partial charge in [-0.15, -0.1) is 0 Å². The van der Waals surface area contributed by atoms with Crippen molar-refractivity contribution in [1.82, 2.24) is 0 Å². The van der Waals surface area contributed by atoms with Crippen LogP contribution in [0, 0.1) is 11.8 Å². The highest BCUT2D eigenvalue weighted by atomic mass is 16.3. The minimum atomic E-state index is 0.0183. The fourth-order valence-electron chi connectivity index (χ4n) is 14.6. The molecule has 10 atom stereocenters. The number of fused-ring (bicyclic) bond motifs is 8. The van der Waals surface area contributed by atoms with Crippen molar-refractivity contribution >= 4 is 11.4 Å². The number of anilines is 2. The van der Waals surface area contributed by atoms with Crippen molar-refractivity contribution < 1.29 is 19.2 Å². The lowest BCUT2D eigenvalue weighted by molar-refractivity contribution is -0.937. The molecule has 4 saturated heterocycles. The first-order chi connectivity index (χ1) is 24.5. The van der Waals surface area contributed by atoms with Crippen molar-refractivity contribution in [2.24, 2.45) is 11.8 Å². The largest absolute Gasteiger partial charge is 0.392 e. The number of piperidine rings is 2. The molecule has 6 nitrogen and oxygen atoms in total. The highest BCUT2D eigenvalue weighted by Crippen LogP contribution is 2.69. The van der Waals surface area contributed by atoms with Crippen molar-refractivity contribution in [3.05, 3.63) is 132 Å². The number of rotatable bonds is 6. The molecule has 0 aromatic heterocycles. The van der Waals surface area contributed by atoms with E-state index >= 15 is 0 Å². The fourth-order valence-corrected chi connectivity index (χ4v) is 14.6. The second kappa shape index (κ2) is 10.0. The Labute approximate surface area is 296 Å². The van der Waals surface area contributed by atoms with Crippen LogP contribution < -0.4 is 9.80 Å². The van der Waals surface area contributed by atoms with Crippen molar-refractivity contribution in [1.29, 1.82) is 0 Å². The average molecular weight is 667 g/mol. The standard InChI is InChI=1S/C44H50N4O2/c1-3-17-47-19-15-43-35-9-5-7-11-37(35)45-26-34-32-24-40-44(16-20-48(40,18-4-2)28-30(32)14-22-50)36-10-6-8-12-38(36)46(42(34)44)25-33(41(43)45)31(23-39(43)47)29(27-47)13-21-49/h3-14,25-26,31-32,39-42,49-50H,1-2,15-24,27-28H2/q+2/b29-13-,30-14-,33-25-,34-26-/t31-,32-,39-,40-,41-,42-,43+,44+,47?,48?/m0/s1. The van der Waals surface area contributed by atoms with Crippen molar-refractivity contribution in [2.75, 3.05) is 62.3 Å². The first-order valence-electron chi connectivity index (χ1n) is 19.2. The molecule has 2 aliphatic carbocycles. The zero-order chi connectivity index (χ0) is 33.6. The second-order valence-corrected chi connectivity index (χ2v) is 17.2. The maximum Gasteiger partial charge on any atom is 0.103 e. The average Bonchev–Trinajstić information content (AvgIpc) is 3.81. The van der Waals surface area contributed by atoms with Crippen LogP contribution in [-0.2, 0) is 10.8 Å². The Morgan fingerprint density at radius 2 is 1.12 bits per heavy atom. The lowest BCUT2D eigenvalue weighted by Gasteiger charge is -2.59. The highest BCUT2D eigenvalue weighted by molar-refractivity contribution is 5.77. The normalized spacial score (nSPS) is 45.5. The van der Waals surface area contributed by atoms with Crippen molar-refractivity contribution in [2.45, 2.75) is 60.7 Å². The minimum Gasteiger partial charge on any atom is -0.392 e. The van der Waals surface area contributed by atoms with Gasteiger partial charge >= 0.3 is 0 Å². The van der Waals surface area contributed by atoms with Crippen LogP contribution >= 0.6 is 0 Å². The number of nitrogens with zero attached hydrogens (tertiary/aromatic N) is 4. The van der Waals surface area contributed by atoms with Gasteiger partial charge in [-0.2, -0.15) is 0 Å². The molecular formula is C44H50N4O2+2. The molecule has 6 fully saturated rings. The first kappa shape index (κ1) is 30.0. The third-order valence-corrected chi connectivity index (χ3v) is 15.9. The van der Waals surface area contributed by atoms with Crippen LogP contribution in [0.1, 0.15) is 36.8 Å². The molecule has 9 aliphatic rings. The number of benzene rings is 2. The summed E-state index contributed by atoms with van der Waals surface area (Å²) >= 11 is 0. The molecular weight excluding hydrogens is 617 g/mol. The van der Waals surface area contributed by atoms with Gasteiger partial charge in [0.05, 0.1) is 62.3 Å². The SMILES string of the molecule is C=CC[N+]12CC[C@@]34c5ccccc5N5/C=C6/[C@H]7C[C@H]8[C@@]9(CC[N+]8(CC=C)C/C7=C/CO)c7ccccc7N(/C=C(/[C@@H](C[C@@H]31)/C(=C\CO)C2)[C@H]54)[C@@H]69. The number of aliphatic hydroxyl groups excluding tert-OH is 2. The van der Waals surface area contributed by atoms with Gasteiger partial charge in [-0.1, -0.05) is 61.7 Å². The summed E-state index contributed by atoms with van der Waals surface area (Å²) < 4.78 is 2.12. The molecule has 2 unspecified atom stereocenters. The van der Waals surface area contributed by atoms with E-state index in [0.717, 1.165) is 73.9 Å². The smallest absolute Gasteiger partial charge is 0.103 e. The van der Waals surface area contributed by atoms with Gasteiger partial charge in [0.1, 0.15) is 25.2 Å². The van der Waals surface area contributed by atoms with Gasteiger partial charge in [-0.05, 0) is 57.7 Å². The summed E-state index contributed by atoms with van der Waals surface area (Å²) in [7, 11) is 0. The van der Waals surface area contributed by atoms with Gasteiger partial charge in [0.25, 0.3) is 0 Å². The lowest BCUT2D eigenvalue weighted by atomic mass is 9.56. The molecule has 11 rings (SSSR count). The van der Waals surface area contributed by atoms with Gasteiger partial charge in [-0.3, -0.25) is 0 Å². The molecule has 50 heavy (non-hydrogen) atoms. The zero-order valence-corrected chi connectivity index (χ0v) is 29.1. The Kier molecular flexibility index (Phi) is 6.00. The molecule has 256 valence electrons. The van der Waals surface area contributed by atoms with Crippen LogP contribution in [0.15, 0.2) is 121 Å². The molecule has 2 saturated carbocycles. The summed E-state index contributed by atoms with van der Waals surface area (Å²) in [6.45, 7) is 15.0. The quantitative estimate of drug-likeness (QED) is 0.317. The van der Waals surface area contributed by atoms with Crippen molar-refractivity contribution in [3.8, 4) is 0 Å². The van der Waals surface area contributed by atoms with Crippen molar-refractivity contribution in [3.63, 3.8) is 0 Å². The van der Waals surface area contributed by atoms with E-state index in [9.17, 15) is 10.2 Å². The van der Waals surface area contributed by atoms with Crippen LogP contribution in [0.25, 0.3) is 0 Å². The summed E-state index contributed by atoms with van der Waals surface area (Å²) in [4.78, 5) is 5.54. The maximum atomic E-state index is 10.5. The van der Waals surface area contributed by atoms with Gasteiger partial charge in [-0.25, -0.2) is 0 Å². The number of para-hydroxylation sites is 2. The summed E-state index contributed by atoms with van der Waals surface area (Å²) in [5.41, 5.74) is 11.8. The Morgan fingerprint density at radius 3 is 1.54 bits per heavy atom. The predicted molar refractivity (Wildman–Crippen MR) is 198 cm³/mol. The summed E-state index contributed by atoms with van der Waals surface area (Å²) in [5.74, 6) is 0.615. The van der Waals surface area contributed by atoms with E-state index in [2.05, 4.69) is 108 Å². The molecule has 2 spiro atoms. The Balaban J connectivity index is 1.22. The molecule has 4 bridgehead atoms. The van der Waals surface area contributed by atoms with Crippen LogP contribution in [0.5, 0.6) is 0 Å². The molecule has 0 radical (unpaired) electrons. The monoisotopic (exact) mass is 666 g/mol. The van der Waals surface area contributed by atoms with E-state index in [0.29, 0.717) is 23.9 Å². The van der Waals surface area contributed by atoms with E-state index in [1.54, 1.807) is 11.1 Å². The Hall–Kier alpha value is -3.68. The van der Waals surface area contributed by atoms with Gasteiger partial charge in [0, 0.05) is 61.3 Å². The number of quaternary nitrogens is 2. The van der Waals surface area contributed by atoms with E-state index in [4.69, 9.17) is 0 Å². The highest BCUT2D eigenvalue weighted by Gasteiger charge is 2.75. The molecule has 7 heterocycles. The molecule has 0 amide bonds. The van der Waals surface area contributed by atoms with Gasteiger partial charge in [0.15, 0.2) is 0 Å². The van der Waals surface area contributed by atoms with Crippen LogP contribution in [0.2, 0.25) is 0 Å². The predicted octanol–water partition coefficient (Wildman–Crippen LogP) is 5.48. The first-order valence-corrected chi connectivity index (χ1v) is 19.2. The fraction of sp³-hybridized carbons (Fsp3) is 0.455. The number of aliphatic hydroxyl groups is 2. The third kappa shape index (κ3) is 3.24. The molecule has 6 heteroatoms. The van der Waals surface area contributed by atoms with E-state index in [-0.39, 0.29) is 36.1 Å². The summed E-state index contributed by atoms with van der Waals surface area (Å²) in [5, 5.41) is 20.9. The van der Waals surface area contributed by atoms with E-state index < -0.39 is 0 Å². The van der Waals surface area contributed by atoms with Crippen LogP contribution in [0.3, 0.4) is 0 Å². The Morgan fingerprint density at radius 1 is 0.680 bits per heavy atom. The van der Waals surface area contributed by atoms with E-state index in [1.807, 2.05) is 0 Å². The Bertz CT molecular complexity index is 1850. The third-order valence-electron chi connectivity index (χ3n) is 15.9. The molecule has 7 aliphatic heterocycles. The summed E-state index contributed by atoms with van der Waals surface area (Å²) in [6.07, 6.45) is 18.6. The van der Waals surface area contributed by atoms with Crippen LogP contribution in [-0.4, -0.2) is 95.8 Å².